The third-order valence-corrected chi connectivity index (χ3v) is 7.35. The quantitative estimate of drug-likeness (QED) is 0.603. The molecule has 8 heteroatoms. The number of amides is 1. The van der Waals surface area contributed by atoms with Gasteiger partial charge in [0.15, 0.2) is 0 Å². The summed E-state index contributed by atoms with van der Waals surface area (Å²) in [5.74, 6) is 0.974. The number of piperidine rings is 1. The molecule has 2 aromatic heterocycles. The van der Waals surface area contributed by atoms with Crippen LogP contribution in [-0.4, -0.2) is 61.6 Å². The molecule has 0 aliphatic carbocycles. The van der Waals surface area contributed by atoms with Crippen molar-refractivity contribution in [3.63, 3.8) is 0 Å². The number of fused-ring (bicyclic) bond motifs is 1. The summed E-state index contributed by atoms with van der Waals surface area (Å²) in [4.78, 5) is 27.7. The lowest BCUT2D eigenvalue weighted by Crippen LogP contribution is -2.50. The number of rotatable bonds is 5. The van der Waals surface area contributed by atoms with Gasteiger partial charge < -0.3 is 15.1 Å². The van der Waals surface area contributed by atoms with E-state index in [1.54, 1.807) is 6.20 Å². The fourth-order valence-corrected chi connectivity index (χ4v) is 5.33. The zero-order chi connectivity index (χ0) is 24.5. The number of hydrogen-bond acceptors (Lipinski definition) is 6. The molecule has 1 saturated heterocycles. The van der Waals surface area contributed by atoms with E-state index in [-0.39, 0.29) is 29.8 Å². The zero-order valence-corrected chi connectivity index (χ0v) is 21.1. The van der Waals surface area contributed by atoms with Crippen molar-refractivity contribution in [3.8, 4) is 0 Å². The lowest BCUT2D eigenvalue weighted by molar-refractivity contribution is -0.141. The summed E-state index contributed by atoms with van der Waals surface area (Å²) in [6, 6.07) is 10.9. The molecule has 0 bridgehead atoms. The molecule has 1 N–H and O–H groups in total. The summed E-state index contributed by atoms with van der Waals surface area (Å²) in [7, 11) is 2.15. The smallest absolute Gasteiger partial charge is 0.227 e. The summed E-state index contributed by atoms with van der Waals surface area (Å²) in [5.41, 5.74) is 4.15. The number of carbonyl (C=O) groups is 1. The molecular weight excluding hydrogens is 438 g/mol. The van der Waals surface area contributed by atoms with Crippen LogP contribution in [0.1, 0.15) is 56.0 Å². The van der Waals surface area contributed by atoms with Crippen LogP contribution in [0.4, 0.5) is 11.6 Å². The van der Waals surface area contributed by atoms with E-state index in [9.17, 15) is 4.79 Å². The Morgan fingerprint density at radius 3 is 2.71 bits per heavy atom. The standard InChI is InChI=1S/C27H35N7O/c1-18(2)34-15-22(14-29-34)30-27-28-13-21-12-19(3)33(17-25(21)31-27)26(35)23-10-11-32(4)16-24(23)20-8-6-5-7-9-20/h5-9,13-15,18-19,23-24H,10-12,16-17H2,1-4H3,(H,28,30,31)/t19-,23+,24-/m1/s1. The Bertz CT molecular complexity index is 1180. The molecule has 0 saturated carbocycles. The van der Waals surface area contributed by atoms with E-state index in [0.29, 0.717) is 12.5 Å². The van der Waals surface area contributed by atoms with Gasteiger partial charge in [-0.25, -0.2) is 9.97 Å². The van der Waals surface area contributed by atoms with Crippen molar-refractivity contribution in [2.24, 2.45) is 5.92 Å². The van der Waals surface area contributed by atoms with Crippen LogP contribution in [0.5, 0.6) is 0 Å². The number of carbonyl (C=O) groups excluding carboxylic acids is 1. The fraction of sp³-hybridized carbons (Fsp3) is 0.481. The highest BCUT2D eigenvalue weighted by Crippen LogP contribution is 2.35. The van der Waals surface area contributed by atoms with Crippen molar-refractivity contribution >= 4 is 17.5 Å². The Morgan fingerprint density at radius 1 is 1.17 bits per heavy atom. The summed E-state index contributed by atoms with van der Waals surface area (Å²) < 4.78 is 1.90. The van der Waals surface area contributed by atoms with Crippen LogP contribution in [-0.2, 0) is 17.8 Å². The Labute approximate surface area is 207 Å². The highest BCUT2D eigenvalue weighted by atomic mass is 16.2. The molecule has 4 heterocycles. The number of likely N-dealkylation sites (N-methyl/N-ethyl adjacent to an activating group) is 1. The van der Waals surface area contributed by atoms with E-state index in [2.05, 4.69) is 72.4 Å². The fourth-order valence-electron chi connectivity index (χ4n) is 5.33. The highest BCUT2D eigenvalue weighted by Gasteiger charge is 2.39. The molecule has 3 aromatic rings. The molecule has 2 aliphatic rings. The van der Waals surface area contributed by atoms with E-state index in [1.165, 1.54) is 5.56 Å². The normalized spacial score (nSPS) is 22.8. The largest absolute Gasteiger partial charge is 0.333 e. The maximum Gasteiger partial charge on any atom is 0.227 e. The van der Waals surface area contributed by atoms with Gasteiger partial charge in [-0.1, -0.05) is 30.3 Å². The van der Waals surface area contributed by atoms with Gasteiger partial charge in [0.2, 0.25) is 11.9 Å². The number of aromatic nitrogens is 4. The number of anilines is 2. The van der Waals surface area contributed by atoms with Crippen molar-refractivity contribution in [1.29, 1.82) is 0 Å². The van der Waals surface area contributed by atoms with Crippen molar-refractivity contribution in [2.75, 3.05) is 25.5 Å². The maximum absolute atomic E-state index is 13.9. The van der Waals surface area contributed by atoms with Gasteiger partial charge in [-0.15, -0.1) is 0 Å². The van der Waals surface area contributed by atoms with Crippen LogP contribution in [0.2, 0.25) is 0 Å². The van der Waals surface area contributed by atoms with E-state index in [4.69, 9.17) is 4.98 Å². The number of hydrogen-bond donors (Lipinski definition) is 1. The van der Waals surface area contributed by atoms with Gasteiger partial charge in [-0.2, -0.15) is 5.10 Å². The van der Waals surface area contributed by atoms with Gasteiger partial charge in [-0.3, -0.25) is 9.48 Å². The molecule has 2 aliphatic heterocycles. The summed E-state index contributed by atoms with van der Waals surface area (Å²) in [6.07, 6.45) is 7.29. The van der Waals surface area contributed by atoms with Gasteiger partial charge >= 0.3 is 0 Å². The van der Waals surface area contributed by atoms with E-state index in [1.807, 2.05) is 28.0 Å². The Kier molecular flexibility index (Phi) is 6.56. The van der Waals surface area contributed by atoms with Crippen molar-refractivity contribution < 1.29 is 4.79 Å². The molecule has 0 unspecified atom stereocenters. The van der Waals surface area contributed by atoms with Crippen molar-refractivity contribution in [3.05, 3.63) is 65.7 Å². The first-order valence-corrected chi connectivity index (χ1v) is 12.6. The number of nitrogens with zero attached hydrogens (tertiary/aromatic N) is 6. The molecular formula is C27H35N7O. The first kappa shape index (κ1) is 23.5. The van der Waals surface area contributed by atoms with Gasteiger partial charge in [0.25, 0.3) is 0 Å². The predicted octanol–water partition coefficient (Wildman–Crippen LogP) is 4.01. The van der Waals surface area contributed by atoms with E-state index < -0.39 is 0 Å². The average molecular weight is 474 g/mol. The minimum absolute atomic E-state index is 0.0149. The lowest BCUT2D eigenvalue weighted by Gasteiger charge is -2.42. The maximum atomic E-state index is 13.9. The van der Waals surface area contributed by atoms with Crippen LogP contribution in [0, 0.1) is 5.92 Å². The molecule has 0 spiro atoms. The Morgan fingerprint density at radius 2 is 1.97 bits per heavy atom. The highest BCUT2D eigenvalue weighted by molar-refractivity contribution is 5.81. The van der Waals surface area contributed by atoms with Crippen molar-refractivity contribution in [2.45, 2.75) is 58.2 Å². The first-order chi connectivity index (χ1) is 16.9. The van der Waals surface area contributed by atoms with Crippen LogP contribution in [0.3, 0.4) is 0 Å². The summed E-state index contributed by atoms with van der Waals surface area (Å²) in [5, 5.41) is 7.64. The predicted molar refractivity (Wildman–Crippen MR) is 136 cm³/mol. The second-order valence-corrected chi connectivity index (χ2v) is 10.3. The topological polar surface area (TPSA) is 79.2 Å². The van der Waals surface area contributed by atoms with Gasteiger partial charge in [0.1, 0.15) is 0 Å². The molecule has 184 valence electrons. The second kappa shape index (κ2) is 9.77. The summed E-state index contributed by atoms with van der Waals surface area (Å²) in [6.45, 7) is 8.68. The molecule has 0 radical (unpaired) electrons. The van der Waals surface area contributed by atoms with Crippen LogP contribution < -0.4 is 5.32 Å². The molecule has 1 aromatic carbocycles. The van der Waals surface area contributed by atoms with Gasteiger partial charge in [0.05, 0.1) is 24.1 Å². The van der Waals surface area contributed by atoms with E-state index >= 15 is 0 Å². The summed E-state index contributed by atoms with van der Waals surface area (Å²) >= 11 is 0. The minimum Gasteiger partial charge on any atom is -0.333 e. The number of benzene rings is 1. The monoisotopic (exact) mass is 473 g/mol. The van der Waals surface area contributed by atoms with E-state index in [0.717, 1.165) is 42.9 Å². The number of nitrogens with one attached hydrogen (secondary N) is 1. The minimum atomic E-state index is -0.0149. The third kappa shape index (κ3) is 4.93. The molecule has 8 nitrogen and oxygen atoms in total. The second-order valence-electron chi connectivity index (χ2n) is 10.3. The van der Waals surface area contributed by atoms with Crippen LogP contribution in [0.25, 0.3) is 0 Å². The first-order valence-electron chi connectivity index (χ1n) is 12.6. The lowest BCUT2D eigenvalue weighted by atomic mass is 9.79. The van der Waals surface area contributed by atoms with Crippen LogP contribution >= 0.6 is 0 Å². The molecule has 1 amide bonds. The molecule has 3 atom stereocenters. The average Bonchev–Trinajstić information content (AvgIpc) is 3.33. The Balaban J connectivity index is 1.35. The SMILES string of the molecule is CC(C)n1cc(Nc2ncc3c(n2)CN(C(=O)[C@H]2CCN(C)C[C@@H]2c2ccccc2)[C@H](C)C3)cn1. The van der Waals surface area contributed by atoms with Crippen LogP contribution in [0.15, 0.2) is 48.9 Å². The molecule has 35 heavy (non-hydrogen) atoms. The van der Waals surface area contributed by atoms with Gasteiger partial charge in [-0.05, 0) is 58.3 Å². The number of likely N-dealkylation sites (tertiary alicyclic amines) is 1. The molecule has 1 fully saturated rings. The van der Waals surface area contributed by atoms with Gasteiger partial charge in [0, 0.05) is 42.9 Å². The third-order valence-electron chi connectivity index (χ3n) is 7.35. The molecule has 5 rings (SSSR count). The Hall–Kier alpha value is -3.26. The zero-order valence-electron chi connectivity index (χ0n) is 21.1. The van der Waals surface area contributed by atoms with Crippen molar-refractivity contribution in [1.82, 2.24) is 29.5 Å².